The molecule has 0 aliphatic rings. The molecule has 4 nitrogen and oxygen atoms in total. The van der Waals surface area contributed by atoms with Gasteiger partial charge in [-0.15, -0.1) is 0 Å². The minimum Gasteiger partial charge on any atom is -0.464 e. The number of aryl methyl sites for hydroxylation is 1. The van der Waals surface area contributed by atoms with E-state index in [1.54, 1.807) is 0 Å². The van der Waals surface area contributed by atoms with E-state index in [-0.39, 0.29) is 11.3 Å². The van der Waals surface area contributed by atoms with Gasteiger partial charge in [-0.1, -0.05) is 0 Å². The van der Waals surface area contributed by atoms with Gasteiger partial charge in [0.2, 0.25) is 0 Å². The first-order valence-corrected chi connectivity index (χ1v) is 4.07. The summed E-state index contributed by atoms with van der Waals surface area (Å²) in [4.78, 5) is 24.2. The van der Waals surface area contributed by atoms with Crippen LogP contribution in [-0.2, 0) is 4.74 Å². The second-order valence-electron chi connectivity index (χ2n) is 2.90. The lowest BCUT2D eigenvalue weighted by Crippen LogP contribution is -2.19. The smallest absolute Gasteiger partial charge is 0.354 e. The van der Waals surface area contributed by atoms with E-state index in [1.807, 2.05) is 4.98 Å². The van der Waals surface area contributed by atoms with Crippen LogP contribution in [0.4, 0.5) is 8.78 Å². The number of methoxy groups -OCH3 is 1. The molecule has 0 fully saturated rings. The van der Waals surface area contributed by atoms with Crippen LogP contribution in [0, 0.1) is 6.92 Å². The Bertz CT molecular complexity index is 439. The van der Waals surface area contributed by atoms with Crippen LogP contribution in [0.5, 0.6) is 0 Å². The first-order chi connectivity index (χ1) is 6.97. The van der Waals surface area contributed by atoms with Crippen molar-refractivity contribution in [2.24, 2.45) is 0 Å². The van der Waals surface area contributed by atoms with E-state index in [0.29, 0.717) is 0 Å². The maximum absolute atomic E-state index is 12.4. The van der Waals surface area contributed by atoms with Gasteiger partial charge in [0.05, 0.1) is 12.7 Å². The van der Waals surface area contributed by atoms with Gasteiger partial charge < -0.3 is 9.72 Å². The van der Waals surface area contributed by atoms with Crippen molar-refractivity contribution in [1.29, 1.82) is 0 Å². The third-order valence-corrected chi connectivity index (χ3v) is 1.90. The largest absolute Gasteiger partial charge is 0.464 e. The Morgan fingerprint density at radius 2 is 2.13 bits per heavy atom. The highest BCUT2D eigenvalue weighted by Gasteiger charge is 2.18. The molecular formula is C9H9F2NO3. The highest BCUT2D eigenvalue weighted by molar-refractivity contribution is 5.87. The van der Waals surface area contributed by atoms with E-state index in [0.717, 1.165) is 13.2 Å². The lowest BCUT2D eigenvalue weighted by Gasteiger charge is -2.05. The van der Waals surface area contributed by atoms with Gasteiger partial charge in [0.25, 0.3) is 12.0 Å². The number of carbonyl (C=O) groups excluding carboxylic acids is 1. The number of pyridine rings is 1. The standard InChI is InChI=1S/C9H9F2NO3/c1-4-3-5(9(14)15-2)12-8(13)6(4)7(10)11/h3,7H,1-2H3,(H,12,13). The Balaban J connectivity index is 3.32. The second kappa shape index (κ2) is 4.20. The molecule has 0 amide bonds. The highest BCUT2D eigenvalue weighted by Crippen LogP contribution is 2.18. The molecule has 0 saturated heterocycles. The van der Waals surface area contributed by atoms with Gasteiger partial charge in [0.1, 0.15) is 5.69 Å². The summed E-state index contributed by atoms with van der Waals surface area (Å²) < 4.78 is 29.1. The molecule has 0 unspecified atom stereocenters. The number of aromatic amines is 1. The topological polar surface area (TPSA) is 59.2 Å². The molecule has 0 radical (unpaired) electrons. The number of halogens is 2. The van der Waals surface area contributed by atoms with Gasteiger partial charge >= 0.3 is 5.97 Å². The van der Waals surface area contributed by atoms with E-state index in [4.69, 9.17) is 0 Å². The molecule has 1 rings (SSSR count). The predicted octanol–water partition coefficient (Wildman–Crippen LogP) is 1.41. The highest BCUT2D eigenvalue weighted by atomic mass is 19.3. The minimum atomic E-state index is -2.86. The van der Waals surface area contributed by atoms with Crippen molar-refractivity contribution in [3.63, 3.8) is 0 Å². The predicted molar refractivity (Wildman–Crippen MR) is 48.1 cm³/mol. The summed E-state index contributed by atoms with van der Waals surface area (Å²) in [6.45, 7) is 1.34. The Morgan fingerprint density at radius 1 is 1.53 bits per heavy atom. The van der Waals surface area contributed by atoms with E-state index in [2.05, 4.69) is 4.74 Å². The Morgan fingerprint density at radius 3 is 2.53 bits per heavy atom. The average molecular weight is 217 g/mol. The number of aromatic nitrogens is 1. The molecule has 1 aromatic rings. The van der Waals surface area contributed by atoms with Crippen molar-refractivity contribution in [2.75, 3.05) is 7.11 Å². The fraction of sp³-hybridized carbons (Fsp3) is 0.333. The van der Waals surface area contributed by atoms with Gasteiger partial charge in [-0.05, 0) is 18.6 Å². The Hall–Kier alpha value is -1.72. The number of rotatable bonds is 2. The van der Waals surface area contributed by atoms with Crippen molar-refractivity contribution in [2.45, 2.75) is 13.3 Å². The van der Waals surface area contributed by atoms with Crippen LogP contribution < -0.4 is 5.56 Å². The van der Waals surface area contributed by atoms with Crippen LogP contribution in [0.3, 0.4) is 0 Å². The average Bonchev–Trinajstić information content (AvgIpc) is 2.14. The molecule has 0 bridgehead atoms. The Kier molecular flexibility index (Phi) is 3.18. The molecule has 0 aliphatic heterocycles. The lowest BCUT2D eigenvalue weighted by molar-refractivity contribution is 0.0592. The van der Waals surface area contributed by atoms with Crippen LogP contribution in [0.1, 0.15) is 28.0 Å². The van der Waals surface area contributed by atoms with Crippen LogP contribution in [-0.4, -0.2) is 18.1 Å². The zero-order valence-electron chi connectivity index (χ0n) is 8.14. The minimum absolute atomic E-state index is 0.0640. The summed E-state index contributed by atoms with van der Waals surface area (Å²) in [6, 6.07) is 1.16. The summed E-state index contributed by atoms with van der Waals surface area (Å²) >= 11 is 0. The second-order valence-corrected chi connectivity index (χ2v) is 2.90. The van der Waals surface area contributed by atoms with Gasteiger partial charge in [-0.2, -0.15) is 0 Å². The van der Waals surface area contributed by atoms with Crippen molar-refractivity contribution < 1.29 is 18.3 Å². The number of alkyl halides is 2. The summed E-state index contributed by atoms with van der Waals surface area (Å²) in [5.74, 6) is -0.768. The van der Waals surface area contributed by atoms with Gasteiger partial charge in [-0.25, -0.2) is 13.6 Å². The van der Waals surface area contributed by atoms with Crippen molar-refractivity contribution in [3.8, 4) is 0 Å². The third kappa shape index (κ3) is 2.20. The fourth-order valence-corrected chi connectivity index (χ4v) is 1.19. The molecule has 0 aliphatic carbocycles. The van der Waals surface area contributed by atoms with E-state index < -0.39 is 23.5 Å². The van der Waals surface area contributed by atoms with Crippen molar-refractivity contribution in [3.05, 3.63) is 33.2 Å². The first-order valence-electron chi connectivity index (χ1n) is 4.07. The summed E-state index contributed by atoms with van der Waals surface area (Å²) in [6.07, 6.45) is -2.86. The van der Waals surface area contributed by atoms with Crippen LogP contribution in [0.25, 0.3) is 0 Å². The number of hydrogen-bond acceptors (Lipinski definition) is 3. The molecule has 0 spiro atoms. The zero-order valence-corrected chi connectivity index (χ0v) is 8.14. The third-order valence-electron chi connectivity index (χ3n) is 1.90. The molecule has 0 atom stereocenters. The lowest BCUT2D eigenvalue weighted by atomic mass is 10.1. The molecule has 15 heavy (non-hydrogen) atoms. The molecule has 1 aromatic heterocycles. The molecular weight excluding hydrogens is 208 g/mol. The monoisotopic (exact) mass is 217 g/mol. The number of carbonyl (C=O) groups is 1. The first kappa shape index (κ1) is 11.4. The summed E-state index contributed by atoms with van der Waals surface area (Å²) in [7, 11) is 1.14. The summed E-state index contributed by atoms with van der Waals surface area (Å²) in [5, 5.41) is 0. The van der Waals surface area contributed by atoms with Crippen LogP contribution >= 0.6 is 0 Å². The van der Waals surface area contributed by atoms with Crippen molar-refractivity contribution in [1.82, 2.24) is 4.98 Å². The van der Waals surface area contributed by atoms with E-state index in [1.165, 1.54) is 6.92 Å². The Labute approximate surface area is 83.9 Å². The van der Waals surface area contributed by atoms with Crippen LogP contribution in [0.2, 0.25) is 0 Å². The molecule has 82 valence electrons. The quantitative estimate of drug-likeness (QED) is 0.762. The number of nitrogens with one attached hydrogen (secondary N) is 1. The van der Waals surface area contributed by atoms with E-state index in [9.17, 15) is 18.4 Å². The van der Waals surface area contributed by atoms with E-state index >= 15 is 0 Å². The SMILES string of the molecule is COC(=O)c1cc(C)c(C(F)F)c(=O)[nH]1. The number of esters is 1. The van der Waals surface area contributed by atoms with Gasteiger partial charge in [0, 0.05) is 0 Å². The number of ether oxygens (including phenoxy) is 1. The maximum atomic E-state index is 12.4. The fourth-order valence-electron chi connectivity index (χ4n) is 1.19. The molecule has 0 saturated carbocycles. The van der Waals surface area contributed by atoms with Crippen molar-refractivity contribution >= 4 is 5.97 Å². The van der Waals surface area contributed by atoms with Crippen LogP contribution in [0.15, 0.2) is 10.9 Å². The molecule has 6 heteroatoms. The zero-order chi connectivity index (χ0) is 11.6. The van der Waals surface area contributed by atoms with Gasteiger partial charge in [0.15, 0.2) is 0 Å². The molecule has 1 N–H and O–H groups in total. The molecule has 1 heterocycles. The maximum Gasteiger partial charge on any atom is 0.354 e. The number of hydrogen-bond donors (Lipinski definition) is 1. The summed E-state index contributed by atoms with van der Waals surface area (Å²) in [5.41, 5.74) is -1.66. The van der Waals surface area contributed by atoms with Gasteiger partial charge in [-0.3, -0.25) is 4.79 Å². The molecule has 0 aromatic carbocycles. The normalized spacial score (nSPS) is 10.5. The number of H-pyrrole nitrogens is 1.